The summed E-state index contributed by atoms with van der Waals surface area (Å²) < 4.78 is 0. The summed E-state index contributed by atoms with van der Waals surface area (Å²) in [5.41, 5.74) is 4.88. The SMILES string of the molecule is Cc1nc(-c2ccccc2)ccc1C(=O)N1CCC(c2ccccc2)CC1. The zero-order valence-electron chi connectivity index (χ0n) is 15.6. The number of piperidine rings is 1. The van der Waals surface area contributed by atoms with Gasteiger partial charge in [-0.3, -0.25) is 9.78 Å². The number of nitrogens with zero attached hydrogens (tertiary/aromatic N) is 2. The fraction of sp³-hybridized carbons (Fsp3) is 0.250. The second kappa shape index (κ2) is 7.75. The fourth-order valence-corrected chi connectivity index (χ4v) is 3.87. The number of carbonyl (C=O) groups is 1. The molecule has 0 bridgehead atoms. The Morgan fingerprint density at radius 2 is 1.52 bits per heavy atom. The predicted molar refractivity (Wildman–Crippen MR) is 109 cm³/mol. The molecule has 1 amide bonds. The zero-order valence-corrected chi connectivity index (χ0v) is 15.6. The molecule has 3 heteroatoms. The number of hydrogen-bond donors (Lipinski definition) is 0. The molecular weight excluding hydrogens is 332 g/mol. The molecule has 1 aliphatic rings. The van der Waals surface area contributed by atoms with E-state index in [1.807, 2.05) is 54.3 Å². The van der Waals surface area contributed by atoms with Crippen LogP contribution < -0.4 is 0 Å². The van der Waals surface area contributed by atoms with Gasteiger partial charge in [-0.2, -0.15) is 0 Å². The van der Waals surface area contributed by atoms with Gasteiger partial charge in [0.05, 0.1) is 17.0 Å². The van der Waals surface area contributed by atoms with Gasteiger partial charge in [-0.25, -0.2) is 0 Å². The molecule has 3 nitrogen and oxygen atoms in total. The largest absolute Gasteiger partial charge is 0.339 e. The Hall–Kier alpha value is -2.94. The van der Waals surface area contributed by atoms with E-state index in [-0.39, 0.29) is 5.91 Å². The van der Waals surface area contributed by atoms with Crippen LogP contribution in [0, 0.1) is 6.92 Å². The highest BCUT2D eigenvalue weighted by Gasteiger charge is 2.25. The number of hydrogen-bond acceptors (Lipinski definition) is 2. The monoisotopic (exact) mass is 356 g/mol. The van der Waals surface area contributed by atoms with Crippen molar-refractivity contribution in [3.8, 4) is 11.3 Å². The summed E-state index contributed by atoms with van der Waals surface area (Å²) in [6.07, 6.45) is 2.04. The molecule has 136 valence electrons. The van der Waals surface area contributed by atoms with Crippen LogP contribution in [0.25, 0.3) is 11.3 Å². The summed E-state index contributed by atoms with van der Waals surface area (Å²) in [6.45, 7) is 3.53. The van der Waals surface area contributed by atoms with Crippen molar-refractivity contribution >= 4 is 5.91 Å². The Morgan fingerprint density at radius 3 is 2.15 bits per heavy atom. The van der Waals surface area contributed by atoms with E-state index < -0.39 is 0 Å². The van der Waals surface area contributed by atoms with Crippen LogP contribution in [0.1, 0.15) is 40.4 Å². The van der Waals surface area contributed by atoms with Gasteiger partial charge < -0.3 is 4.90 Å². The van der Waals surface area contributed by atoms with E-state index in [9.17, 15) is 4.79 Å². The summed E-state index contributed by atoms with van der Waals surface area (Å²) >= 11 is 0. The smallest absolute Gasteiger partial charge is 0.255 e. The first-order valence-corrected chi connectivity index (χ1v) is 9.59. The average Bonchev–Trinajstić information content (AvgIpc) is 2.74. The van der Waals surface area contributed by atoms with Gasteiger partial charge in [0.1, 0.15) is 0 Å². The molecule has 0 saturated carbocycles. The summed E-state index contributed by atoms with van der Waals surface area (Å²) in [5, 5.41) is 0. The lowest BCUT2D eigenvalue weighted by atomic mass is 9.89. The van der Waals surface area contributed by atoms with Crippen molar-refractivity contribution in [2.24, 2.45) is 0 Å². The maximum absolute atomic E-state index is 13.0. The summed E-state index contributed by atoms with van der Waals surface area (Å²) in [6, 6.07) is 24.6. The molecule has 0 N–H and O–H groups in total. The van der Waals surface area contributed by atoms with E-state index >= 15 is 0 Å². The predicted octanol–water partition coefficient (Wildman–Crippen LogP) is 5.08. The molecule has 1 fully saturated rings. The van der Waals surface area contributed by atoms with Crippen molar-refractivity contribution in [1.82, 2.24) is 9.88 Å². The Kier molecular flexibility index (Phi) is 5.01. The minimum atomic E-state index is 0.103. The summed E-state index contributed by atoms with van der Waals surface area (Å²) in [5.74, 6) is 0.654. The van der Waals surface area contributed by atoms with Crippen molar-refractivity contribution in [3.05, 3.63) is 89.6 Å². The van der Waals surface area contributed by atoms with Crippen molar-refractivity contribution in [2.75, 3.05) is 13.1 Å². The number of rotatable bonds is 3. The van der Waals surface area contributed by atoms with E-state index in [0.29, 0.717) is 11.5 Å². The summed E-state index contributed by atoms with van der Waals surface area (Å²) in [4.78, 5) is 19.6. The van der Waals surface area contributed by atoms with E-state index in [2.05, 4.69) is 35.3 Å². The van der Waals surface area contributed by atoms with Crippen LogP contribution in [0.4, 0.5) is 0 Å². The van der Waals surface area contributed by atoms with Crippen molar-refractivity contribution in [3.63, 3.8) is 0 Å². The molecule has 2 heterocycles. The van der Waals surface area contributed by atoms with E-state index in [4.69, 9.17) is 0 Å². The average molecular weight is 356 g/mol. The van der Waals surface area contributed by atoms with Gasteiger partial charge in [0.25, 0.3) is 5.91 Å². The van der Waals surface area contributed by atoms with E-state index in [1.54, 1.807) is 0 Å². The number of aryl methyl sites for hydroxylation is 1. The van der Waals surface area contributed by atoms with Gasteiger partial charge in [0, 0.05) is 18.7 Å². The molecule has 4 rings (SSSR count). The van der Waals surface area contributed by atoms with Gasteiger partial charge in [-0.15, -0.1) is 0 Å². The topological polar surface area (TPSA) is 33.2 Å². The lowest BCUT2D eigenvalue weighted by molar-refractivity contribution is 0.0712. The third-order valence-electron chi connectivity index (χ3n) is 5.44. The molecular formula is C24H24N2O. The minimum absolute atomic E-state index is 0.103. The first-order chi connectivity index (χ1) is 13.2. The first-order valence-electron chi connectivity index (χ1n) is 9.59. The molecule has 2 aromatic carbocycles. The molecule has 0 spiro atoms. The summed E-state index contributed by atoms with van der Waals surface area (Å²) in [7, 11) is 0. The second-order valence-corrected chi connectivity index (χ2v) is 7.17. The van der Waals surface area contributed by atoms with Gasteiger partial charge >= 0.3 is 0 Å². The standard InChI is InChI=1S/C24H24N2O/c1-18-22(12-13-23(25-18)21-10-6-3-7-11-21)24(27)26-16-14-20(15-17-26)19-8-4-2-5-9-19/h2-13,20H,14-17H2,1H3. The Labute approximate surface area is 160 Å². The number of aromatic nitrogens is 1. The third-order valence-corrected chi connectivity index (χ3v) is 5.44. The first kappa shape index (κ1) is 17.5. The molecule has 0 radical (unpaired) electrons. The molecule has 0 unspecified atom stereocenters. The Morgan fingerprint density at radius 1 is 0.889 bits per heavy atom. The molecule has 3 aromatic rings. The second-order valence-electron chi connectivity index (χ2n) is 7.17. The van der Waals surface area contributed by atoms with Crippen LogP contribution in [-0.2, 0) is 0 Å². The van der Waals surface area contributed by atoms with Crippen LogP contribution in [0.3, 0.4) is 0 Å². The molecule has 0 aliphatic carbocycles. The van der Waals surface area contributed by atoms with Crippen molar-refractivity contribution in [2.45, 2.75) is 25.7 Å². The van der Waals surface area contributed by atoms with Gasteiger partial charge in [-0.05, 0) is 43.4 Å². The number of benzene rings is 2. The van der Waals surface area contributed by atoms with Crippen LogP contribution in [0.2, 0.25) is 0 Å². The highest BCUT2D eigenvalue weighted by molar-refractivity contribution is 5.95. The molecule has 1 aromatic heterocycles. The lowest BCUT2D eigenvalue weighted by Crippen LogP contribution is -2.38. The maximum atomic E-state index is 13.0. The molecule has 0 atom stereocenters. The minimum Gasteiger partial charge on any atom is -0.339 e. The van der Waals surface area contributed by atoms with Crippen LogP contribution in [0.5, 0.6) is 0 Å². The van der Waals surface area contributed by atoms with Crippen LogP contribution in [0.15, 0.2) is 72.8 Å². The van der Waals surface area contributed by atoms with E-state index in [1.165, 1.54) is 5.56 Å². The molecule has 27 heavy (non-hydrogen) atoms. The number of likely N-dealkylation sites (tertiary alicyclic amines) is 1. The van der Waals surface area contributed by atoms with Crippen LogP contribution in [-0.4, -0.2) is 28.9 Å². The van der Waals surface area contributed by atoms with E-state index in [0.717, 1.165) is 42.9 Å². The Balaban J connectivity index is 1.46. The number of amides is 1. The normalized spacial score (nSPS) is 14.9. The number of carbonyl (C=O) groups excluding carboxylic acids is 1. The van der Waals surface area contributed by atoms with Crippen molar-refractivity contribution < 1.29 is 4.79 Å². The fourth-order valence-electron chi connectivity index (χ4n) is 3.87. The molecule has 1 aliphatic heterocycles. The zero-order chi connectivity index (χ0) is 18.6. The van der Waals surface area contributed by atoms with Gasteiger partial charge in [0.2, 0.25) is 0 Å². The quantitative estimate of drug-likeness (QED) is 0.656. The third kappa shape index (κ3) is 3.77. The van der Waals surface area contributed by atoms with Gasteiger partial charge in [-0.1, -0.05) is 60.7 Å². The lowest BCUT2D eigenvalue weighted by Gasteiger charge is -2.32. The molecule has 1 saturated heterocycles. The Bertz CT molecular complexity index is 914. The highest BCUT2D eigenvalue weighted by atomic mass is 16.2. The maximum Gasteiger partial charge on any atom is 0.255 e. The highest BCUT2D eigenvalue weighted by Crippen LogP contribution is 2.29. The number of pyridine rings is 1. The van der Waals surface area contributed by atoms with Gasteiger partial charge in [0.15, 0.2) is 0 Å². The van der Waals surface area contributed by atoms with Crippen molar-refractivity contribution in [1.29, 1.82) is 0 Å². The van der Waals surface area contributed by atoms with Crippen LogP contribution >= 0.6 is 0 Å².